The van der Waals surface area contributed by atoms with Gasteiger partial charge in [-0.25, -0.2) is 4.99 Å². The summed E-state index contributed by atoms with van der Waals surface area (Å²) in [4.78, 5) is 4.77. The minimum Gasteiger partial charge on any atom is -0.501 e. The van der Waals surface area contributed by atoms with Crippen LogP contribution in [0.3, 0.4) is 0 Å². The molecule has 20 heavy (non-hydrogen) atoms. The number of nitrogens with zero attached hydrogens (tertiary/aromatic N) is 1. The van der Waals surface area contributed by atoms with Crippen LogP contribution in [0.4, 0.5) is 0 Å². The zero-order chi connectivity index (χ0) is 14.4. The summed E-state index contributed by atoms with van der Waals surface area (Å²) in [5.74, 6) is 2.80. The van der Waals surface area contributed by atoms with E-state index in [4.69, 9.17) is 18.9 Å². The third-order valence-corrected chi connectivity index (χ3v) is 4.15. The van der Waals surface area contributed by atoms with Crippen molar-refractivity contribution in [2.24, 2.45) is 10.4 Å². The van der Waals surface area contributed by atoms with Gasteiger partial charge in [-0.3, -0.25) is 0 Å². The Labute approximate surface area is 119 Å². The lowest BCUT2D eigenvalue weighted by atomic mass is 9.77. The van der Waals surface area contributed by atoms with Crippen molar-refractivity contribution in [1.29, 1.82) is 0 Å². The third-order valence-electron chi connectivity index (χ3n) is 4.15. The number of rotatable bonds is 3. The zero-order valence-corrected chi connectivity index (χ0v) is 12.5. The predicted molar refractivity (Wildman–Crippen MR) is 76.7 cm³/mol. The molecule has 2 aliphatic rings. The molecule has 0 spiro atoms. The minimum atomic E-state index is -0.239. The molecule has 0 radical (unpaired) electrons. The smallest absolute Gasteiger partial charge is 0.191 e. The fraction of sp³-hybridized carbons (Fsp3) is 0.562. The lowest BCUT2D eigenvalue weighted by Crippen LogP contribution is -2.31. The van der Waals surface area contributed by atoms with Gasteiger partial charge in [0.15, 0.2) is 5.90 Å². The Bertz CT molecular complexity index is 556. The molecule has 2 atom stereocenters. The van der Waals surface area contributed by atoms with Gasteiger partial charge in [0.05, 0.1) is 36.0 Å². The number of aliphatic imine (C=N–C) groups is 1. The summed E-state index contributed by atoms with van der Waals surface area (Å²) >= 11 is 0. The maximum absolute atomic E-state index is 5.90. The lowest BCUT2D eigenvalue weighted by Gasteiger charge is -2.29. The molecule has 1 aromatic rings. The number of furan rings is 1. The molecule has 1 aliphatic carbocycles. The van der Waals surface area contributed by atoms with Crippen molar-refractivity contribution >= 4 is 5.90 Å². The highest BCUT2D eigenvalue weighted by Crippen LogP contribution is 2.50. The van der Waals surface area contributed by atoms with Crippen LogP contribution in [0.5, 0.6) is 0 Å². The molecule has 0 aromatic carbocycles. The lowest BCUT2D eigenvalue weighted by molar-refractivity contribution is 0.220. The van der Waals surface area contributed by atoms with Gasteiger partial charge in [0.1, 0.15) is 12.4 Å². The first kappa shape index (κ1) is 13.3. The Morgan fingerprint density at radius 3 is 2.70 bits per heavy atom. The van der Waals surface area contributed by atoms with Crippen LogP contribution < -0.4 is 0 Å². The van der Waals surface area contributed by atoms with Gasteiger partial charge in [-0.15, -0.1) is 0 Å². The maximum Gasteiger partial charge on any atom is 0.191 e. The second kappa shape index (κ2) is 4.40. The zero-order valence-electron chi connectivity index (χ0n) is 12.5. The van der Waals surface area contributed by atoms with Gasteiger partial charge in [0.2, 0.25) is 0 Å². The van der Waals surface area contributed by atoms with Gasteiger partial charge < -0.3 is 13.9 Å². The normalized spacial score (nSPS) is 31.7. The van der Waals surface area contributed by atoms with Crippen LogP contribution in [0.15, 0.2) is 39.6 Å². The molecule has 3 rings (SSSR count). The summed E-state index contributed by atoms with van der Waals surface area (Å²) in [6.45, 7) is 6.98. The van der Waals surface area contributed by atoms with Gasteiger partial charge in [-0.1, -0.05) is 0 Å². The van der Waals surface area contributed by atoms with Crippen molar-refractivity contribution in [3.05, 3.63) is 36.0 Å². The van der Waals surface area contributed by atoms with E-state index in [1.54, 1.807) is 13.4 Å². The molecular weight excluding hydrogens is 254 g/mol. The molecule has 108 valence electrons. The number of ether oxygens (including phenoxy) is 2. The van der Waals surface area contributed by atoms with Crippen LogP contribution in [-0.4, -0.2) is 25.2 Å². The second-order valence-corrected chi connectivity index (χ2v) is 6.44. The van der Waals surface area contributed by atoms with Crippen molar-refractivity contribution < 1.29 is 13.9 Å². The third kappa shape index (κ3) is 2.03. The number of hydrogen-bond acceptors (Lipinski definition) is 4. The largest absolute Gasteiger partial charge is 0.501 e. The van der Waals surface area contributed by atoms with Crippen LogP contribution in [-0.2, 0) is 9.47 Å². The van der Waals surface area contributed by atoms with Gasteiger partial charge in [0.25, 0.3) is 0 Å². The van der Waals surface area contributed by atoms with E-state index in [1.807, 2.05) is 12.1 Å². The van der Waals surface area contributed by atoms with Crippen molar-refractivity contribution in [3.63, 3.8) is 0 Å². The molecule has 0 unspecified atom stereocenters. The van der Waals surface area contributed by atoms with E-state index in [0.29, 0.717) is 6.61 Å². The summed E-state index contributed by atoms with van der Waals surface area (Å²) in [6, 6.07) is 3.91. The monoisotopic (exact) mass is 275 g/mol. The van der Waals surface area contributed by atoms with Gasteiger partial charge in [0, 0.05) is 6.42 Å². The Kier molecular flexibility index (Phi) is 2.92. The summed E-state index contributed by atoms with van der Waals surface area (Å²) < 4.78 is 17.0. The Morgan fingerprint density at radius 2 is 2.15 bits per heavy atom. The minimum absolute atomic E-state index is 0.0973. The molecular formula is C16H21NO3. The quantitative estimate of drug-likeness (QED) is 0.848. The summed E-state index contributed by atoms with van der Waals surface area (Å²) in [5.41, 5.74) is -0.390. The SMILES string of the molecule is COC1=C[C@@H](c2ccco2)[C@](C)(C2=NC(C)(C)CO2)C1. The molecule has 0 fully saturated rings. The first-order valence-electron chi connectivity index (χ1n) is 6.96. The second-order valence-electron chi connectivity index (χ2n) is 6.44. The van der Waals surface area contributed by atoms with E-state index < -0.39 is 0 Å². The molecule has 0 amide bonds. The fourth-order valence-corrected chi connectivity index (χ4v) is 2.99. The van der Waals surface area contributed by atoms with E-state index in [0.717, 1.165) is 23.8 Å². The van der Waals surface area contributed by atoms with E-state index >= 15 is 0 Å². The van der Waals surface area contributed by atoms with Crippen LogP contribution >= 0.6 is 0 Å². The first-order valence-corrected chi connectivity index (χ1v) is 6.96. The number of methoxy groups -OCH3 is 1. The van der Waals surface area contributed by atoms with Crippen molar-refractivity contribution in [2.75, 3.05) is 13.7 Å². The van der Waals surface area contributed by atoms with Gasteiger partial charge in [-0.05, 0) is 39.0 Å². The molecule has 0 saturated carbocycles. The van der Waals surface area contributed by atoms with Gasteiger partial charge in [-0.2, -0.15) is 0 Å². The molecule has 0 N–H and O–H groups in total. The molecule has 4 heteroatoms. The van der Waals surface area contributed by atoms with E-state index in [-0.39, 0.29) is 16.9 Å². The molecule has 2 heterocycles. The van der Waals surface area contributed by atoms with Crippen LogP contribution in [0.2, 0.25) is 0 Å². The van der Waals surface area contributed by atoms with E-state index in [1.165, 1.54) is 0 Å². The van der Waals surface area contributed by atoms with E-state index in [2.05, 4.69) is 26.8 Å². The predicted octanol–water partition coefficient (Wildman–Crippen LogP) is 3.51. The molecule has 0 saturated heterocycles. The van der Waals surface area contributed by atoms with E-state index in [9.17, 15) is 0 Å². The highest BCUT2D eigenvalue weighted by molar-refractivity contribution is 5.86. The average molecular weight is 275 g/mol. The molecule has 1 aromatic heterocycles. The maximum atomic E-state index is 5.90. The van der Waals surface area contributed by atoms with Crippen molar-refractivity contribution in [3.8, 4) is 0 Å². The first-order chi connectivity index (χ1) is 9.44. The van der Waals surface area contributed by atoms with Crippen molar-refractivity contribution in [1.82, 2.24) is 0 Å². The molecule has 1 aliphatic heterocycles. The summed E-state index contributed by atoms with van der Waals surface area (Å²) in [6.07, 6.45) is 4.61. The van der Waals surface area contributed by atoms with Gasteiger partial charge >= 0.3 is 0 Å². The molecule has 0 bridgehead atoms. The summed E-state index contributed by atoms with van der Waals surface area (Å²) in [7, 11) is 1.71. The summed E-state index contributed by atoms with van der Waals surface area (Å²) in [5, 5.41) is 0. The Balaban J connectivity index is 1.99. The van der Waals surface area contributed by atoms with Crippen LogP contribution in [0.25, 0.3) is 0 Å². The number of allylic oxidation sites excluding steroid dienone is 2. The van der Waals surface area contributed by atoms with Crippen molar-refractivity contribution in [2.45, 2.75) is 38.6 Å². The van der Waals surface area contributed by atoms with Crippen LogP contribution in [0, 0.1) is 5.41 Å². The fourth-order valence-electron chi connectivity index (χ4n) is 2.99. The Morgan fingerprint density at radius 1 is 1.35 bits per heavy atom. The standard InChI is InChI=1S/C16H21NO3/c1-15(2)10-20-14(17-15)16(3)9-11(18-4)8-12(16)13-6-5-7-19-13/h5-8,12H,9-10H2,1-4H3/t12-,16+/m0/s1. The highest BCUT2D eigenvalue weighted by Gasteiger charge is 2.49. The van der Waals surface area contributed by atoms with Crippen LogP contribution in [0.1, 0.15) is 38.9 Å². The Hall–Kier alpha value is -1.71. The average Bonchev–Trinajstić information content (AvgIpc) is 3.07. The topological polar surface area (TPSA) is 44.0 Å². The number of hydrogen-bond donors (Lipinski definition) is 0. The molecule has 4 nitrogen and oxygen atoms in total. The highest BCUT2D eigenvalue weighted by atomic mass is 16.5.